The van der Waals surface area contributed by atoms with Gasteiger partial charge in [-0.25, -0.2) is 0 Å². The Morgan fingerprint density at radius 1 is 0.913 bits per heavy atom. The lowest BCUT2D eigenvalue weighted by Crippen LogP contribution is -2.46. The summed E-state index contributed by atoms with van der Waals surface area (Å²) in [5, 5.41) is 8.38. The maximum absolute atomic E-state index is 13.8. The predicted molar refractivity (Wildman–Crippen MR) is 184 cm³/mol. The fourth-order valence-electron chi connectivity index (χ4n) is 6.98. The zero-order chi connectivity index (χ0) is 32.3. The molecule has 240 valence electrons. The third kappa shape index (κ3) is 6.34. The van der Waals surface area contributed by atoms with E-state index in [-0.39, 0.29) is 11.8 Å². The molecule has 10 heteroatoms. The van der Waals surface area contributed by atoms with Gasteiger partial charge in [-0.3, -0.25) is 14.5 Å². The number of anilines is 2. The Bertz CT molecular complexity index is 1610. The zero-order valence-corrected chi connectivity index (χ0v) is 27.0. The van der Waals surface area contributed by atoms with Gasteiger partial charge in [-0.15, -0.1) is 0 Å². The van der Waals surface area contributed by atoms with Gasteiger partial charge in [0.2, 0.25) is 5.91 Å². The highest BCUT2D eigenvalue weighted by atomic mass is 35.5. The van der Waals surface area contributed by atoms with E-state index >= 15 is 0 Å². The van der Waals surface area contributed by atoms with Crippen LogP contribution in [0.15, 0.2) is 72.9 Å². The monoisotopic (exact) mass is 640 g/mol. The lowest BCUT2D eigenvalue weighted by Gasteiger charge is -2.38. The number of amides is 2. The van der Waals surface area contributed by atoms with E-state index < -0.39 is 5.41 Å². The third-order valence-electron chi connectivity index (χ3n) is 9.83. The molecule has 0 atom stereocenters. The van der Waals surface area contributed by atoms with Crippen LogP contribution in [-0.2, 0) is 11.3 Å². The molecule has 3 heterocycles. The molecule has 9 nitrogen and oxygen atoms in total. The molecule has 6 rings (SSSR count). The van der Waals surface area contributed by atoms with Gasteiger partial charge in [0.25, 0.3) is 5.91 Å². The van der Waals surface area contributed by atoms with Crippen molar-refractivity contribution >= 4 is 46.6 Å². The number of halogens is 1. The number of nitrogens with two attached hydrogens (primary N) is 1. The van der Waals surface area contributed by atoms with Crippen molar-refractivity contribution in [2.45, 2.75) is 25.8 Å². The van der Waals surface area contributed by atoms with E-state index in [1.807, 2.05) is 52.3 Å². The molecule has 0 saturated carbocycles. The van der Waals surface area contributed by atoms with Gasteiger partial charge in [0.1, 0.15) is 5.75 Å². The van der Waals surface area contributed by atoms with Gasteiger partial charge in [-0.05, 0) is 73.4 Å². The smallest absolute Gasteiger partial charge is 0.253 e. The number of piperidine rings is 1. The van der Waals surface area contributed by atoms with Crippen LogP contribution in [0.5, 0.6) is 5.75 Å². The Kier molecular flexibility index (Phi) is 9.33. The van der Waals surface area contributed by atoms with Gasteiger partial charge >= 0.3 is 0 Å². The number of rotatable bonds is 8. The second kappa shape index (κ2) is 13.6. The first-order valence-corrected chi connectivity index (χ1v) is 16.3. The molecule has 3 aromatic carbocycles. The normalized spacial score (nSPS) is 18.7. The number of likely N-dealkylation sites (tertiary alicyclic amines) is 1. The molecule has 0 radical (unpaired) electrons. The molecule has 3 N–H and O–H groups in total. The molecule has 0 bridgehead atoms. The number of hydrogen-bond donors (Lipinski definition) is 2. The maximum Gasteiger partial charge on any atom is 0.253 e. The van der Waals surface area contributed by atoms with Gasteiger partial charge in [0.15, 0.2) is 0 Å². The standard InChI is InChI=1S/C36H41ClN6O3/c1-46-33-22-31(10-11-32(33)28(23-38)24-39)43-17-14-36(35(43)45)12-15-42(16-13-36)34(44)27-4-8-30(9-5-27)41-20-18-40(19-21-41)25-26-2-6-29(37)7-3-26/h2-11,22-24,38H,12-21,25,39H2,1H3/b28-24+,38-23?. The number of carbonyl (C=O) groups excluding carboxylic acids is 2. The van der Waals surface area contributed by atoms with Crippen molar-refractivity contribution in [2.75, 3.05) is 62.7 Å². The van der Waals surface area contributed by atoms with Crippen molar-refractivity contribution in [2.24, 2.45) is 11.1 Å². The SMILES string of the molecule is COc1cc(N2CCC3(CCN(C(=O)c4ccc(N5CCN(Cc6ccc(Cl)cc6)CC5)cc4)CC3)C2=O)ccc1/C(C=N)=C/N. The average Bonchev–Trinajstić information content (AvgIpc) is 3.41. The van der Waals surface area contributed by atoms with Crippen LogP contribution in [0.3, 0.4) is 0 Å². The van der Waals surface area contributed by atoms with Gasteiger partial charge in [0, 0.05) is 104 Å². The molecule has 0 unspecified atom stereocenters. The molecule has 3 saturated heterocycles. The number of piperazine rings is 1. The van der Waals surface area contributed by atoms with E-state index in [0.717, 1.165) is 55.5 Å². The van der Waals surface area contributed by atoms with E-state index in [9.17, 15) is 9.59 Å². The molecule has 0 aliphatic carbocycles. The minimum absolute atomic E-state index is 0.0202. The van der Waals surface area contributed by atoms with Crippen LogP contribution in [-0.4, -0.2) is 80.8 Å². The number of benzene rings is 3. The van der Waals surface area contributed by atoms with Crippen LogP contribution in [0.1, 0.15) is 40.7 Å². The number of methoxy groups -OCH3 is 1. The van der Waals surface area contributed by atoms with Crippen molar-refractivity contribution in [3.63, 3.8) is 0 Å². The minimum atomic E-state index is -0.459. The van der Waals surface area contributed by atoms with Crippen LogP contribution in [0.2, 0.25) is 5.02 Å². The largest absolute Gasteiger partial charge is 0.496 e. The predicted octanol–water partition coefficient (Wildman–Crippen LogP) is 5.28. The van der Waals surface area contributed by atoms with Crippen LogP contribution in [0, 0.1) is 10.8 Å². The topological polar surface area (TPSA) is 106 Å². The van der Waals surface area contributed by atoms with Crippen molar-refractivity contribution < 1.29 is 14.3 Å². The van der Waals surface area contributed by atoms with Crippen molar-refractivity contribution in [1.29, 1.82) is 5.41 Å². The van der Waals surface area contributed by atoms with Crippen LogP contribution in [0.25, 0.3) is 5.57 Å². The van der Waals surface area contributed by atoms with Gasteiger partial charge in [0.05, 0.1) is 12.5 Å². The number of hydrogen-bond acceptors (Lipinski definition) is 7. The molecule has 1 spiro atoms. The molecular formula is C36H41ClN6O3. The van der Waals surface area contributed by atoms with E-state index in [2.05, 4.69) is 34.1 Å². The third-order valence-corrected chi connectivity index (χ3v) is 10.1. The summed E-state index contributed by atoms with van der Waals surface area (Å²) < 4.78 is 5.56. The quantitative estimate of drug-likeness (QED) is 0.325. The number of allylic oxidation sites excluding steroid dienone is 1. The van der Waals surface area contributed by atoms with E-state index in [0.29, 0.717) is 54.9 Å². The first-order valence-electron chi connectivity index (χ1n) is 15.9. The molecule has 46 heavy (non-hydrogen) atoms. The molecule has 3 aromatic rings. The highest BCUT2D eigenvalue weighted by molar-refractivity contribution is 6.30. The maximum atomic E-state index is 13.8. The summed E-state index contributed by atoms with van der Waals surface area (Å²) in [7, 11) is 1.57. The molecule has 2 amide bonds. The summed E-state index contributed by atoms with van der Waals surface area (Å²) in [6.07, 6.45) is 4.61. The average molecular weight is 641 g/mol. The van der Waals surface area contributed by atoms with Gasteiger partial charge in [-0.1, -0.05) is 23.7 Å². The second-order valence-corrected chi connectivity index (χ2v) is 12.8. The number of ether oxygens (including phenoxy) is 1. The fourth-order valence-corrected chi connectivity index (χ4v) is 7.11. The first kappa shape index (κ1) is 31.6. The molecular weight excluding hydrogens is 600 g/mol. The highest BCUT2D eigenvalue weighted by Crippen LogP contribution is 2.44. The molecule has 3 fully saturated rings. The van der Waals surface area contributed by atoms with Crippen LogP contribution >= 0.6 is 11.6 Å². The Morgan fingerprint density at radius 2 is 1.57 bits per heavy atom. The molecule has 0 aromatic heterocycles. The van der Waals surface area contributed by atoms with Crippen molar-refractivity contribution in [1.82, 2.24) is 9.80 Å². The highest BCUT2D eigenvalue weighted by Gasteiger charge is 2.49. The summed E-state index contributed by atoms with van der Waals surface area (Å²) in [4.78, 5) is 35.8. The van der Waals surface area contributed by atoms with Gasteiger partial charge < -0.3 is 30.6 Å². The fraction of sp³-hybridized carbons (Fsp3) is 0.361. The van der Waals surface area contributed by atoms with E-state index in [4.69, 9.17) is 27.5 Å². The lowest BCUT2D eigenvalue weighted by molar-refractivity contribution is -0.127. The summed E-state index contributed by atoms with van der Waals surface area (Å²) in [6, 6.07) is 21.6. The Morgan fingerprint density at radius 3 is 2.20 bits per heavy atom. The molecule has 3 aliphatic heterocycles. The molecule has 3 aliphatic rings. The summed E-state index contributed by atoms with van der Waals surface area (Å²) in [5.41, 5.74) is 10.3. The van der Waals surface area contributed by atoms with E-state index in [1.165, 1.54) is 18.0 Å². The van der Waals surface area contributed by atoms with Gasteiger partial charge in [-0.2, -0.15) is 0 Å². The van der Waals surface area contributed by atoms with Crippen LogP contribution < -0.4 is 20.3 Å². The Hall–Kier alpha value is -4.34. The van der Waals surface area contributed by atoms with Crippen molar-refractivity contribution in [3.8, 4) is 5.75 Å². The van der Waals surface area contributed by atoms with E-state index in [1.54, 1.807) is 7.11 Å². The number of carbonyl (C=O) groups is 2. The summed E-state index contributed by atoms with van der Waals surface area (Å²) in [6.45, 7) is 6.48. The number of nitrogens with zero attached hydrogens (tertiary/aromatic N) is 4. The second-order valence-electron chi connectivity index (χ2n) is 12.4. The lowest BCUT2D eigenvalue weighted by atomic mass is 9.77. The number of nitrogens with one attached hydrogen (secondary N) is 1. The summed E-state index contributed by atoms with van der Waals surface area (Å²) >= 11 is 6.03. The summed E-state index contributed by atoms with van der Waals surface area (Å²) in [5.74, 6) is 0.690. The zero-order valence-electron chi connectivity index (χ0n) is 26.3. The minimum Gasteiger partial charge on any atom is -0.496 e. The van der Waals surface area contributed by atoms with Crippen LogP contribution in [0.4, 0.5) is 11.4 Å². The van der Waals surface area contributed by atoms with Crippen molar-refractivity contribution in [3.05, 3.63) is 94.6 Å². The Labute approximate surface area is 275 Å². The Balaban J connectivity index is 1.02. The first-order chi connectivity index (χ1) is 22.3.